The van der Waals surface area contributed by atoms with Crippen LogP contribution < -0.4 is 11.1 Å². The first-order valence-electron chi connectivity index (χ1n) is 6.18. The number of rotatable bonds is 6. The van der Waals surface area contributed by atoms with Gasteiger partial charge in [-0.15, -0.1) is 0 Å². The van der Waals surface area contributed by atoms with E-state index in [1.807, 2.05) is 19.9 Å². The van der Waals surface area contributed by atoms with Crippen LogP contribution in [0.15, 0.2) is 24.3 Å². The molecule has 100 valence electrons. The lowest BCUT2D eigenvalue weighted by Gasteiger charge is -2.25. The van der Waals surface area contributed by atoms with Gasteiger partial charge in [-0.25, -0.2) is 4.39 Å². The molecule has 0 aliphatic rings. The SMILES string of the molecule is CC(C)(CNC(=O)CCCN)c1cccc(F)c1. The molecule has 1 amide bonds. The Labute approximate surface area is 108 Å². The van der Waals surface area contributed by atoms with Gasteiger partial charge in [0.25, 0.3) is 0 Å². The van der Waals surface area contributed by atoms with Gasteiger partial charge in [0.15, 0.2) is 0 Å². The fraction of sp³-hybridized carbons (Fsp3) is 0.500. The summed E-state index contributed by atoms with van der Waals surface area (Å²) in [4.78, 5) is 11.5. The average molecular weight is 252 g/mol. The van der Waals surface area contributed by atoms with Gasteiger partial charge in [0.05, 0.1) is 0 Å². The first kappa shape index (κ1) is 14.6. The summed E-state index contributed by atoms with van der Waals surface area (Å²) in [7, 11) is 0. The normalized spacial score (nSPS) is 11.3. The quantitative estimate of drug-likeness (QED) is 0.813. The van der Waals surface area contributed by atoms with Gasteiger partial charge in [-0.05, 0) is 30.7 Å². The minimum atomic E-state index is -0.291. The minimum Gasteiger partial charge on any atom is -0.355 e. The Balaban J connectivity index is 2.57. The van der Waals surface area contributed by atoms with Crippen LogP contribution >= 0.6 is 0 Å². The Kier molecular flexibility index (Phi) is 5.28. The van der Waals surface area contributed by atoms with Crippen LogP contribution in [0.4, 0.5) is 4.39 Å². The molecule has 0 unspecified atom stereocenters. The molecule has 0 fully saturated rings. The van der Waals surface area contributed by atoms with Gasteiger partial charge in [0.1, 0.15) is 5.82 Å². The van der Waals surface area contributed by atoms with Crippen LogP contribution in [0, 0.1) is 5.82 Å². The second-order valence-electron chi connectivity index (χ2n) is 5.06. The zero-order valence-corrected chi connectivity index (χ0v) is 11.0. The van der Waals surface area contributed by atoms with Crippen molar-refractivity contribution in [2.75, 3.05) is 13.1 Å². The number of carbonyl (C=O) groups is 1. The monoisotopic (exact) mass is 252 g/mol. The second kappa shape index (κ2) is 6.50. The molecule has 0 bridgehead atoms. The van der Waals surface area contributed by atoms with E-state index in [0.29, 0.717) is 25.9 Å². The van der Waals surface area contributed by atoms with E-state index < -0.39 is 0 Å². The van der Waals surface area contributed by atoms with Crippen LogP contribution in [-0.2, 0) is 10.2 Å². The van der Waals surface area contributed by atoms with Gasteiger partial charge in [-0.2, -0.15) is 0 Å². The Morgan fingerprint density at radius 1 is 1.44 bits per heavy atom. The summed E-state index contributed by atoms with van der Waals surface area (Å²) in [6.07, 6.45) is 1.13. The molecule has 0 spiro atoms. The zero-order valence-electron chi connectivity index (χ0n) is 11.0. The lowest BCUT2D eigenvalue weighted by Crippen LogP contribution is -2.36. The number of nitrogens with two attached hydrogens (primary N) is 1. The maximum atomic E-state index is 13.2. The van der Waals surface area contributed by atoms with Gasteiger partial charge < -0.3 is 11.1 Å². The first-order chi connectivity index (χ1) is 8.45. The highest BCUT2D eigenvalue weighted by atomic mass is 19.1. The molecule has 3 nitrogen and oxygen atoms in total. The van der Waals surface area contributed by atoms with Crippen LogP contribution in [-0.4, -0.2) is 19.0 Å². The molecular formula is C14H21FN2O. The molecule has 0 saturated heterocycles. The largest absolute Gasteiger partial charge is 0.355 e. The molecule has 0 atom stereocenters. The zero-order chi connectivity index (χ0) is 13.6. The molecule has 0 saturated carbocycles. The summed E-state index contributed by atoms with van der Waals surface area (Å²) in [5.41, 5.74) is 5.93. The summed E-state index contributed by atoms with van der Waals surface area (Å²) in [6.45, 7) is 4.95. The topological polar surface area (TPSA) is 55.1 Å². The summed E-state index contributed by atoms with van der Waals surface area (Å²) in [5.74, 6) is -0.264. The maximum absolute atomic E-state index is 13.2. The molecule has 0 heterocycles. The molecule has 3 N–H and O–H groups in total. The molecule has 0 radical (unpaired) electrons. The standard InChI is InChI=1S/C14H21FN2O/c1-14(2,10-17-13(18)7-4-8-16)11-5-3-6-12(15)9-11/h3,5-6,9H,4,7-8,10,16H2,1-2H3,(H,17,18). The first-order valence-corrected chi connectivity index (χ1v) is 6.18. The van der Waals surface area contributed by atoms with Gasteiger partial charge in [0.2, 0.25) is 5.91 Å². The van der Waals surface area contributed by atoms with E-state index >= 15 is 0 Å². The van der Waals surface area contributed by atoms with E-state index in [1.54, 1.807) is 6.07 Å². The van der Waals surface area contributed by atoms with Crippen molar-refractivity contribution in [2.45, 2.75) is 32.1 Å². The minimum absolute atomic E-state index is 0.00933. The second-order valence-corrected chi connectivity index (χ2v) is 5.06. The maximum Gasteiger partial charge on any atom is 0.220 e. The van der Waals surface area contributed by atoms with E-state index in [9.17, 15) is 9.18 Å². The molecule has 1 aromatic rings. The van der Waals surface area contributed by atoms with Crippen molar-refractivity contribution >= 4 is 5.91 Å². The predicted molar refractivity (Wildman–Crippen MR) is 70.7 cm³/mol. The molecule has 0 aliphatic heterocycles. The summed E-state index contributed by atoms with van der Waals surface area (Å²) < 4.78 is 13.2. The number of amides is 1. The molecule has 4 heteroatoms. The van der Waals surface area contributed by atoms with Gasteiger partial charge in [-0.1, -0.05) is 26.0 Å². The number of hydrogen-bond acceptors (Lipinski definition) is 2. The third-order valence-corrected chi connectivity index (χ3v) is 2.94. The van der Waals surface area contributed by atoms with Crippen molar-refractivity contribution in [3.05, 3.63) is 35.6 Å². The van der Waals surface area contributed by atoms with Crippen molar-refractivity contribution in [1.82, 2.24) is 5.32 Å². The van der Waals surface area contributed by atoms with E-state index in [1.165, 1.54) is 12.1 Å². The molecule has 0 aliphatic carbocycles. The van der Waals surface area contributed by atoms with Crippen molar-refractivity contribution in [1.29, 1.82) is 0 Å². The van der Waals surface area contributed by atoms with E-state index in [-0.39, 0.29) is 17.1 Å². The predicted octanol–water partition coefficient (Wildman–Crippen LogP) is 1.96. The van der Waals surface area contributed by atoms with Crippen LogP contribution in [0.1, 0.15) is 32.3 Å². The van der Waals surface area contributed by atoms with E-state index in [4.69, 9.17) is 5.73 Å². The van der Waals surface area contributed by atoms with Crippen LogP contribution in [0.25, 0.3) is 0 Å². The Morgan fingerprint density at radius 2 is 2.17 bits per heavy atom. The number of halogens is 1. The van der Waals surface area contributed by atoms with E-state index in [2.05, 4.69) is 5.32 Å². The molecular weight excluding hydrogens is 231 g/mol. The molecule has 1 aromatic carbocycles. The van der Waals surface area contributed by atoms with Crippen LogP contribution in [0.2, 0.25) is 0 Å². The fourth-order valence-corrected chi connectivity index (χ4v) is 1.68. The summed E-state index contributed by atoms with van der Waals surface area (Å²) in [5, 5.41) is 2.86. The fourth-order valence-electron chi connectivity index (χ4n) is 1.68. The summed E-state index contributed by atoms with van der Waals surface area (Å²) >= 11 is 0. The number of nitrogens with one attached hydrogen (secondary N) is 1. The third-order valence-electron chi connectivity index (χ3n) is 2.94. The smallest absolute Gasteiger partial charge is 0.220 e. The van der Waals surface area contributed by atoms with Crippen LogP contribution in [0.3, 0.4) is 0 Å². The number of benzene rings is 1. The van der Waals surface area contributed by atoms with Crippen molar-refractivity contribution < 1.29 is 9.18 Å². The Bertz CT molecular complexity index is 405. The highest BCUT2D eigenvalue weighted by Crippen LogP contribution is 2.22. The van der Waals surface area contributed by atoms with Crippen molar-refractivity contribution in [3.8, 4) is 0 Å². The van der Waals surface area contributed by atoms with Crippen molar-refractivity contribution in [3.63, 3.8) is 0 Å². The molecule has 1 rings (SSSR count). The van der Waals surface area contributed by atoms with Gasteiger partial charge >= 0.3 is 0 Å². The highest BCUT2D eigenvalue weighted by Gasteiger charge is 2.21. The Hall–Kier alpha value is -1.42. The lowest BCUT2D eigenvalue weighted by atomic mass is 9.84. The summed E-state index contributed by atoms with van der Waals surface area (Å²) in [6, 6.07) is 6.48. The molecule has 0 aromatic heterocycles. The average Bonchev–Trinajstić information content (AvgIpc) is 2.34. The number of carbonyl (C=O) groups excluding carboxylic acids is 1. The van der Waals surface area contributed by atoms with Crippen molar-refractivity contribution in [2.24, 2.45) is 5.73 Å². The van der Waals surface area contributed by atoms with Crippen LogP contribution in [0.5, 0.6) is 0 Å². The lowest BCUT2D eigenvalue weighted by molar-refractivity contribution is -0.121. The van der Waals surface area contributed by atoms with Gasteiger partial charge in [0, 0.05) is 18.4 Å². The highest BCUT2D eigenvalue weighted by molar-refractivity contribution is 5.75. The third kappa shape index (κ3) is 4.45. The molecule has 18 heavy (non-hydrogen) atoms. The van der Waals surface area contributed by atoms with E-state index in [0.717, 1.165) is 5.56 Å². The Morgan fingerprint density at radius 3 is 2.78 bits per heavy atom. The van der Waals surface area contributed by atoms with Gasteiger partial charge in [-0.3, -0.25) is 4.79 Å². The number of hydrogen-bond donors (Lipinski definition) is 2.